The van der Waals surface area contributed by atoms with Crippen molar-refractivity contribution < 1.29 is 9.90 Å². The Hall–Kier alpha value is -0.100. The number of halogens is 2. The fraction of sp³-hybridized carbons (Fsp3) is 0.125. The van der Waals surface area contributed by atoms with E-state index < -0.39 is 0 Å². The second-order valence-corrected chi connectivity index (χ2v) is 4.44. The van der Waals surface area contributed by atoms with E-state index in [2.05, 4.69) is 38.5 Å². The monoisotopic (exact) mass is 340 g/mol. The summed E-state index contributed by atoms with van der Waals surface area (Å²) in [5.74, 6) is -0.116. The number of carbonyl (C=O) groups excluding carboxylic acids is 1. The molecular weight excluding hydrogens is 335 g/mol. The lowest BCUT2D eigenvalue weighted by atomic mass is 10.1. The van der Waals surface area contributed by atoms with Gasteiger partial charge in [-0.1, -0.05) is 0 Å². The van der Waals surface area contributed by atoms with Crippen LogP contribution in [0.25, 0.3) is 0 Å². The summed E-state index contributed by atoms with van der Waals surface area (Å²) in [6.07, 6.45) is 0. The number of hydrogen-bond donors (Lipinski definition) is 1. The van der Waals surface area contributed by atoms with E-state index in [0.29, 0.717) is 10.0 Å². The van der Waals surface area contributed by atoms with Gasteiger partial charge >= 0.3 is 0 Å². The fourth-order valence-corrected chi connectivity index (χ4v) is 2.35. The summed E-state index contributed by atoms with van der Waals surface area (Å²) in [6.45, 7) is 1.43. The van der Waals surface area contributed by atoms with Gasteiger partial charge in [-0.05, 0) is 57.6 Å². The zero-order valence-electron chi connectivity index (χ0n) is 6.27. The highest BCUT2D eigenvalue weighted by atomic mass is 127. The van der Waals surface area contributed by atoms with Crippen molar-refractivity contribution in [1.82, 2.24) is 0 Å². The van der Waals surface area contributed by atoms with Gasteiger partial charge in [-0.15, -0.1) is 0 Å². The van der Waals surface area contributed by atoms with Crippen molar-refractivity contribution >= 4 is 44.3 Å². The van der Waals surface area contributed by atoms with Gasteiger partial charge in [0, 0.05) is 3.57 Å². The quantitative estimate of drug-likeness (QED) is 0.630. The predicted octanol–water partition coefficient (Wildman–Crippen LogP) is 2.96. The van der Waals surface area contributed by atoms with Crippen molar-refractivity contribution in [2.75, 3.05) is 0 Å². The number of rotatable bonds is 1. The largest absolute Gasteiger partial charge is 0.506 e. The average Bonchev–Trinajstić information content (AvgIpc) is 1.96. The van der Waals surface area contributed by atoms with Crippen LogP contribution < -0.4 is 0 Å². The Kier molecular flexibility index (Phi) is 3.11. The molecule has 0 radical (unpaired) electrons. The van der Waals surface area contributed by atoms with Gasteiger partial charge in [0.1, 0.15) is 5.75 Å². The third-order valence-corrected chi connectivity index (χ3v) is 2.63. The summed E-state index contributed by atoms with van der Waals surface area (Å²) < 4.78 is 1.47. The standard InChI is InChI=1S/C8H6BrIO2/c1-4(11)6-2-5(10)3-7(9)8(6)12/h2-3,12H,1H3. The highest BCUT2D eigenvalue weighted by Gasteiger charge is 2.10. The van der Waals surface area contributed by atoms with Crippen LogP contribution in [0.4, 0.5) is 0 Å². The van der Waals surface area contributed by atoms with E-state index in [-0.39, 0.29) is 11.5 Å². The van der Waals surface area contributed by atoms with Crippen molar-refractivity contribution in [3.8, 4) is 5.75 Å². The van der Waals surface area contributed by atoms with E-state index in [1.165, 1.54) is 6.92 Å². The molecule has 12 heavy (non-hydrogen) atoms. The second kappa shape index (κ2) is 3.74. The number of carbonyl (C=O) groups is 1. The van der Waals surface area contributed by atoms with Gasteiger partial charge < -0.3 is 5.11 Å². The molecule has 0 heterocycles. The summed E-state index contributed by atoms with van der Waals surface area (Å²) in [6, 6.07) is 3.41. The van der Waals surface area contributed by atoms with Gasteiger partial charge in [0.15, 0.2) is 5.78 Å². The highest BCUT2D eigenvalue weighted by Crippen LogP contribution is 2.30. The molecule has 0 bridgehead atoms. The first kappa shape index (κ1) is 9.98. The Morgan fingerprint density at radius 2 is 2.17 bits per heavy atom. The first-order valence-electron chi connectivity index (χ1n) is 3.21. The number of hydrogen-bond acceptors (Lipinski definition) is 2. The Balaban J connectivity index is 3.37. The molecule has 1 N–H and O–H groups in total. The van der Waals surface area contributed by atoms with E-state index in [9.17, 15) is 9.90 Å². The summed E-state index contributed by atoms with van der Waals surface area (Å²) in [5, 5.41) is 9.42. The molecular formula is C8H6BrIO2. The lowest BCUT2D eigenvalue weighted by Gasteiger charge is -2.03. The zero-order valence-corrected chi connectivity index (χ0v) is 10.0. The average molecular weight is 341 g/mol. The van der Waals surface area contributed by atoms with E-state index in [0.717, 1.165) is 3.57 Å². The van der Waals surface area contributed by atoms with Gasteiger partial charge in [-0.2, -0.15) is 0 Å². The SMILES string of the molecule is CC(=O)c1cc(I)cc(Br)c1O. The van der Waals surface area contributed by atoms with Crippen molar-refractivity contribution in [3.05, 3.63) is 25.7 Å². The molecule has 0 saturated carbocycles. The van der Waals surface area contributed by atoms with E-state index in [1.54, 1.807) is 12.1 Å². The molecule has 0 aliphatic carbocycles. The third kappa shape index (κ3) is 1.98. The molecule has 64 valence electrons. The van der Waals surface area contributed by atoms with Crippen LogP contribution in [0.1, 0.15) is 17.3 Å². The molecule has 0 saturated heterocycles. The smallest absolute Gasteiger partial charge is 0.163 e. The molecule has 1 aromatic rings. The van der Waals surface area contributed by atoms with Crippen LogP contribution in [0.15, 0.2) is 16.6 Å². The maximum atomic E-state index is 11.0. The lowest BCUT2D eigenvalue weighted by Crippen LogP contribution is -1.93. The van der Waals surface area contributed by atoms with Gasteiger partial charge in [0.05, 0.1) is 10.0 Å². The van der Waals surface area contributed by atoms with Gasteiger partial charge in [-0.3, -0.25) is 4.79 Å². The number of benzene rings is 1. The Bertz CT molecular complexity index is 336. The van der Waals surface area contributed by atoms with E-state index in [1.807, 2.05) is 0 Å². The van der Waals surface area contributed by atoms with Crippen LogP contribution in [0.2, 0.25) is 0 Å². The highest BCUT2D eigenvalue weighted by molar-refractivity contribution is 14.1. The summed E-state index contributed by atoms with van der Waals surface area (Å²) in [7, 11) is 0. The summed E-state index contributed by atoms with van der Waals surface area (Å²) in [4.78, 5) is 11.0. The molecule has 0 atom stereocenters. The molecule has 4 heteroatoms. The minimum absolute atomic E-state index is 0.0166. The molecule has 0 fully saturated rings. The first-order valence-corrected chi connectivity index (χ1v) is 5.08. The van der Waals surface area contributed by atoms with Gasteiger partial charge in [0.2, 0.25) is 0 Å². The van der Waals surface area contributed by atoms with Crippen molar-refractivity contribution in [1.29, 1.82) is 0 Å². The van der Waals surface area contributed by atoms with Crippen molar-refractivity contribution in [3.63, 3.8) is 0 Å². The third-order valence-electron chi connectivity index (χ3n) is 1.41. The lowest BCUT2D eigenvalue weighted by molar-refractivity contribution is 0.101. The molecule has 0 spiro atoms. The normalized spacial score (nSPS) is 9.92. The molecule has 0 amide bonds. The maximum absolute atomic E-state index is 11.0. The number of phenols is 1. The van der Waals surface area contributed by atoms with Crippen molar-refractivity contribution in [2.45, 2.75) is 6.92 Å². The van der Waals surface area contributed by atoms with Crippen molar-refractivity contribution in [2.24, 2.45) is 0 Å². The number of ketones is 1. The molecule has 0 aromatic heterocycles. The van der Waals surface area contributed by atoms with Crippen LogP contribution in [0.3, 0.4) is 0 Å². The van der Waals surface area contributed by atoms with E-state index in [4.69, 9.17) is 0 Å². The summed E-state index contributed by atoms with van der Waals surface area (Å²) in [5.41, 5.74) is 0.355. The van der Waals surface area contributed by atoms with Gasteiger partial charge in [-0.25, -0.2) is 0 Å². The number of Topliss-reactive ketones (excluding diaryl/α,β-unsaturated/α-hetero) is 1. The Labute approximate surface area is 92.2 Å². The molecule has 0 aliphatic rings. The van der Waals surface area contributed by atoms with Crippen LogP contribution in [-0.2, 0) is 0 Å². The molecule has 0 aliphatic heterocycles. The molecule has 1 rings (SSSR count). The Morgan fingerprint density at radius 1 is 1.58 bits per heavy atom. The number of phenolic OH excluding ortho intramolecular Hbond substituents is 1. The number of aromatic hydroxyl groups is 1. The van der Waals surface area contributed by atoms with Crippen LogP contribution >= 0.6 is 38.5 Å². The summed E-state index contributed by atoms with van der Waals surface area (Å²) >= 11 is 5.25. The van der Waals surface area contributed by atoms with Crippen LogP contribution in [-0.4, -0.2) is 10.9 Å². The molecule has 1 aromatic carbocycles. The Morgan fingerprint density at radius 3 is 2.67 bits per heavy atom. The maximum Gasteiger partial charge on any atom is 0.163 e. The topological polar surface area (TPSA) is 37.3 Å². The predicted molar refractivity (Wildman–Crippen MR) is 58.5 cm³/mol. The minimum atomic E-state index is -0.133. The zero-order chi connectivity index (χ0) is 9.30. The second-order valence-electron chi connectivity index (χ2n) is 2.34. The van der Waals surface area contributed by atoms with Crippen LogP contribution in [0, 0.1) is 3.57 Å². The fourth-order valence-electron chi connectivity index (χ4n) is 0.834. The first-order chi connectivity index (χ1) is 5.52. The molecule has 0 unspecified atom stereocenters. The van der Waals surface area contributed by atoms with E-state index >= 15 is 0 Å². The molecule has 2 nitrogen and oxygen atoms in total. The van der Waals surface area contributed by atoms with Gasteiger partial charge in [0.25, 0.3) is 0 Å². The minimum Gasteiger partial charge on any atom is -0.506 e. The van der Waals surface area contributed by atoms with Crippen LogP contribution in [0.5, 0.6) is 5.75 Å².